The van der Waals surface area contributed by atoms with E-state index in [-0.39, 0.29) is 6.10 Å². The first-order chi connectivity index (χ1) is 14.2. The highest BCUT2D eigenvalue weighted by atomic mass is 16.5. The van der Waals surface area contributed by atoms with Gasteiger partial charge in [-0.3, -0.25) is 9.69 Å². The molecule has 0 N–H and O–H groups in total. The highest BCUT2D eigenvalue weighted by molar-refractivity contribution is 5.84. The molecule has 0 radical (unpaired) electrons. The van der Waals surface area contributed by atoms with Gasteiger partial charge in [0.2, 0.25) is 5.91 Å². The summed E-state index contributed by atoms with van der Waals surface area (Å²) in [7, 11) is 1.70. The lowest BCUT2D eigenvalue weighted by molar-refractivity contribution is -0.134. The van der Waals surface area contributed by atoms with Gasteiger partial charge in [0, 0.05) is 38.1 Å². The first-order valence-electron chi connectivity index (χ1n) is 10.9. The van der Waals surface area contributed by atoms with Crippen molar-refractivity contribution in [2.75, 3.05) is 39.9 Å². The summed E-state index contributed by atoms with van der Waals surface area (Å²) >= 11 is 0. The summed E-state index contributed by atoms with van der Waals surface area (Å²) in [6, 6.07) is 13.4. The second-order valence-corrected chi connectivity index (χ2v) is 8.66. The molecule has 2 saturated heterocycles. The fourth-order valence-electron chi connectivity index (χ4n) is 4.81. The molecule has 5 heteroatoms. The van der Waals surface area contributed by atoms with E-state index in [0.717, 1.165) is 64.2 Å². The molecule has 3 fully saturated rings. The van der Waals surface area contributed by atoms with Gasteiger partial charge in [0.1, 0.15) is 5.75 Å². The number of nitrogens with zero attached hydrogens (tertiary/aromatic N) is 2. The molecule has 1 aliphatic carbocycles. The summed E-state index contributed by atoms with van der Waals surface area (Å²) in [6.45, 7) is 4.53. The Hall–Kier alpha value is -2.11. The van der Waals surface area contributed by atoms with Crippen LogP contribution in [0, 0.1) is 5.92 Å². The Labute approximate surface area is 172 Å². The average Bonchev–Trinajstić information content (AvgIpc) is 3.63. The van der Waals surface area contributed by atoms with Crippen molar-refractivity contribution >= 4 is 16.7 Å². The van der Waals surface area contributed by atoms with Gasteiger partial charge in [-0.1, -0.05) is 18.2 Å². The van der Waals surface area contributed by atoms with E-state index >= 15 is 0 Å². The molecule has 3 aliphatic rings. The van der Waals surface area contributed by atoms with Crippen LogP contribution >= 0.6 is 0 Å². The Morgan fingerprint density at radius 3 is 2.52 bits per heavy atom. The molecule has 2 aromatic rings. The van der Waals surface area contributed by atoms with Crippen LogP contribution in [0.5, 0.6) is 5.75 Å². The minimum atomic E-state index is 0.112. The van der Waals surface area contributed by atoms with E-state index in [9.17, 15) is 4.79 Å². The Morgan fingerprint density at radius 2 is 1.76 bits per heavy atom. The topological polar surface area (TPSA) is 42.0 Å². The summed E-state index contributed by atoms with van der Waals surface area (Å²) in [6.07, 6.45) is 4.48. The first-order valence-corrected chi connectivity index (χ1v) is 10.9. The number of amides is 1. The van der Waals surface area contributed by atoms with Gasteiger partial charge in [-0.2, -0.15) is 0 Å². The normalized spacial score (nSPS) is 24.0. The SMILES string of the molecule is COc1ccc2cc(C3CN(C4CCN(C(=O)C5CC5)CC4)CCO3)ccc2c1. The second kappa shape index (κ2) is 7.96. The molecule has 0 spiro atoms. The van der Waals surface area contributed by atoms with Crippen LogP contribution in [0.3, 0.4) is 0 Å². The molecule has 1 saturated carbocycles. The highest BCUT2D eigenvalue weighted by Gasteiger charge is 2.36. The zero-order valence-corrected chi connectivity index (χ0v) is 17.2. The maximum atomic E-state index is 12.3. The third kappa shape index (κ3) is 3.99. The largest absolute Gasteiger partial charge is 0.497 e. The maximum Gasteiger partial charge on any atom is 0.225 e. The highest BCUT2D eigenvalue weighted by Crippen LogP contribution is 2.33. The second-order valence-electron chi connectivity index (χ2n) is 8.66. The number of piperidine rings is 1. The van der Waals surface area contributed by atoms with Crippen molar-refractivity contribution in [2.45, 2.75) is 37.8 Å². The third-order valence-corrected chi connectivity index (χ3v) is 6.76. The quantitative estimate of drug-likeness (QED) is 0.794. The lowest BCUT2D eigenvalue weighted by Gasteiger charge is -2.42. The average molecular weight is 395 g/mol. The molecule has 5 nitrogen and oxygen atoms in total. The molecule has 1 unspecified atom stereocenters. The van der Waals surface area contributed by atoms with Crippen molar-refractivity contribution in [2.24, 2.45) is 5.92 Å². The summed E-state index contributed by atoms with van der Waals surface area (Å²) in [5, 5.41) is 2.41. The van der Waals surface area contributed by atoms with E-state index < -0.39 is 0 Å². The predicted octanol–water partition coefficient (Wildman–Crippen LogP) is 3.62. The van der Waals surface area contributed by atoms with E-state index in [2.05, 4.69) is 40.1 Å². The lowest BCUT2D eigenvalue weighted by Crippen LogP contribution is -2.50. The molecule has 154 valence electrons. The Kier molecular flexibility index (Phi) is 5.18. The number of fused-ring (bicyclic) bond motifs is 1. The van der Waals surface area contributed by atoms with E-state index in [1.807, 2.05) is 6.07 Å². The molecule has 2 aliphatic heterocycles. The Balaban J connectivity index is 1.23. The van der Waals surface area contributed by atoms with Crippen LogP contribution in [0.4, 0.5) is 0 Å². The smallest absolute Gasteiger partial charge is 0.225 e. The molecule has 2 heterocycles. The Morgan fingerprint density at radius 1 is 1.00 bits per heavy atom. The molecule has 5 rings (SSSR count). The van der Waals surface area contributed by atoms with Crippen LogP contribution in [-0.4, -0.2) is 61.6 Å². The number of likely N-dealkylation sites (tertiary alicyclic amines) is 1. The zero-order valence-electron chi connectivity index (χ0n) is 17.2. The van der Waals surface area contributed by atoms with Crippen molar-refractivity contribution in [3.63, 3.8) is 0 Å². The summed E-state index contributed by atoms with van der Waals surface area (Å²) in [4.78, 5) is 17.0. The molecule has 2 aromatic carbocycles. The van der Waals surface area contributed by atoms with Gasteiger partial charge in [-0.15, -0.1) is 0 Å². The molecular weight excluding hydrogens is 364 g/mol. The summed E-state index contributed by atoms with van der Waals surface area (Å²) in [5.41, 5.74) is 1.24. The predicted molar refractivity (Wildman–Crippen MR) is 113 cm³/mol. The van der Waals surface area contributed by atoms with Crippen LogP contribution in [-0.2, 0) is 9.53 Å². The molecule has 0 aromatic heterocycles. The van der Waals surface area contributed by atoms with Gasteiger partial charge < -0.3 is 14.4 Å². The number of morpholine rings is 1. The van der Waals surface area contributed by atoms with Crippen LogP contribution in [0.25, 0.3) is 10.8 Å². The van der Waals surface area contributed by atoms with Crippen LogP contribution in [0.1, 0.15) is 37.4 Å². The van der Waals surface area contributed by atoms with Crippen molar-refractivity contribution < 1.29 is 14.3 Å². The van der Waals surface area contributed by atoms with E-state index in [4.69, 9.17) is 9.47 Å². The van der Waals surface area contributed by atoms with E-state index in [1.165, 1.54) is 16.3 Å². The summed E-state index contributed by atoms with van der Waals surface area (Å²) in [5.74, 6) is 1.63. The number of ether oxygens (including phenoxy) is 2. The number of methoxy groups -OCH3 is 1. The van der Waals surface area contributed by atoms with Crippen LogP contribution in [0.2, 0.25) is 0 Å². The van der Waals surface area contributed by atoms with Crippen molar-refractivity contribution in [3.05, 3.63) is 42.0 Å². The van der Waals surface area contributed by atoms with Crippen molar-refractivity contribution in [1.29, 1.82) is 0 Å². The lowest BCUT2D eigenvalue weighted by atomic mass is 9.98. The number of carbonyl (C=O) groups excluding carboxylic acids is 1. The van der Waals surface area contributed by atoms with Crippen molar-refractivity contribution in [1.82, 2.24) is 9.80 Å². The first kappa shape index (κ1) is 18.9. The van der Waals surface area contributed by atoms with E-state index in [1.54, 1.807) is 7.11 Å². The number of hydrogen-bond acceptors (Lipinski definition) is 4. The molecular formula is C24H30N2O3. The molecule has 1 amide bonds. The Bertz CT molecular complexity index is 887. The standard InChI is InChI=1S/C24H30N2O3/c1-28-22-7-6-18-14-20(5-4-19(18)15-22)23-16-26(12-13-29-23)21-8-10-25(11-9-21)24(27)17-2-3-17/h4-7,14-15,17,21,23H,2-3,8-13,16H2,1H3. The van der Waals surface area contributed by atoms with Gasteiger partial charge in [0.25, 0.3) is 0 Å². The minimum absolute atomic E-state index is 0.112. The van der Waals surface area contributed by atoms with Gasteiger partial charge >= 0.3 is 0 Å². The monoisotopic (exact) mass is 394 g/mol. The zero-order chi connectivity index (χ0) is 19.8. The maximum absolute atomic E-state index is 12.3. The van der Waals surface area contributed by atoms with Gasteiger partial charge in [-0.05, 0) is 60.2 Å². The van der Waals surface area contributed by atoms with Crippen molar-refractivity contribution in [3.8, 4) is 5.75 Å². The van der Waals surface area contributed by atoms with Gasteiger partial charge in [0.05, 0.1) is 19.8 Å². The van der Waals surface area contributed by atoms with Gasteiger partial charge in [-0.25, -0.2) is 0 Å². The molecule has 0 bridgehead atoms. The minimum Gasteiger partial charge on any atom is -0.497 e. The number of benzene rings is 2. The number of hydrogen-bond donors (Lipinski definition) is 0. The fraction of sp³-hybridized carbons (Fsp3) is 0.542. The molecule has 29 heavy (non-hydrogen) atoms. The molecule has 1 atom stereocenters. The number of carbonyl (C=O) groups is 1. The fourth-order valence-corrected chi connectivity index (χ4v) is 4.81. The van der Waals surface area contributed by atoms with E-state index in [0.29, 0.717) is 17.9 Å². The number of rotatable bonds is 4. The van der Waals surface area contributed by atoms with Crippen LogP contribution in [0.15, 0.2) is 36.4 Å². The van der Waals surface area contributed by atoms with Gasteiger partial charge in [0.15, 0.2) is 0 Å². The summed E-state index contributed by atoms with van der Waals surface area (Å²) < 4.78 is 11.5. The van der Waals surface area contributed by atoms with Crippen LogP contribution < -0.4 is 4.74 Å². The third-order valence-electron chi connectivity index (χ3n) is 6.76.